The second kappa shape index (κ2) is 7.05. The van der Waals surface area contributed by atoms with Gasteiger partial charge in [0.15, 0.2) is 0 Å². The topological polar surface area (TPSA) is 35.2 Å². The maximum absolute atomic E-state index is 5.95. The summed E-state index contributed by atoms with van der Waals surface area (Å²) >= 11 is 1.69. The Balaban J connectivity index is 2.35. The van der Waals surface area contributed by atoms with E-state index in [1.54, 1.807) is 11.3 Å². The summed E-state index contributed by atoms with van der Waals surface area (Å²) in [5, 5.41) is 4.19. The second-order valence-electron chi connectivity index (χ2n) is 4.74. The molecule has 0 saturated carbocycles. The number of ether oxygens (including phenoxy) is 1. The summed E-state index contributed by atoms with van der Waals surface area (Å²) < 4.78 is 5.88. The van der Waals surface area contributed by atoms with Crippen molar-refractivity contribution in [3.05, 3.63) is 22.4 Å². The van der Waals surface area contributed by atoms with Crippen LogP contribution >= 0.6 is 11.3 Å². The summed E-state index contributed by atoms with van der Waals surface area (Å²) in [5.74, 6) is 0.749. The Morgan fingerprint density at radius 2 is 2.12 bits per heavy atom. The van der Waals surface area contributed by atoms with Gasteiger partial charge in [-0.15, -0.1) is 0 Å². The number of rotatable bonds is 7. The van der Waals surface area contributed by atoms with Gasteiger partial charge in [-0.1, -0.05) is 13.8 Å². The van der Waals surface area contributed by atoms with Gasteiger partial charge in [0.25, 0.3) is 0 Å². The molecule has 0 bridgehead atoms. The summed E-state index contributed by atoms with van der Waals surface area (Å²) in [6.45, 7) is 7.29. The first-order valence-corrected chi connectivity index (χ1v) is 6.94. The first-order valence-electron chi connectivity index (χ1n) is 6.00. The van der Waals surface area contributed by atoms with E-state index >= 15 is 0 Å². The molecule has 16 heavy (non-hydrogen) atoms. The van der Waals surface area contributed by atoms with Crippen molar-refractivity contribution in [3.63, 3.8) is 0 Å². The van der Waals surface area contributed by atoms with Crippen molar-refractivity contribution in [1.82, 2.24) is 0 Å². The van der Waals surface area contributed by atoms with Gasteiger partial charge < -0.3 is 10.5 Å². The minimum atomic E-state index is 0.0497. The normalized spacial score (nSPS) is 15.3. The summed E-state index contributed by atoms with van der Waals surface area (Å²) in [6, 6.07) is 2.15. The van der Waals surface area contributed by atoms with Crippen LogP contribution in [-0.4, -0.2) is 12.6 Å². The zero-order chi connectivity index (χ0) is 12.0. The first-order chi connectivity index (χ1) is 7.61. The molecule has 2 nitrogen and oxygen atoms in total. The van der Waals surface area contributed by atoms with Crippen LogP contribution in [0.2, 0.25) is 0 Å². The van der Waals surface area contributed by atoms with E-state index < -0.39 is 0 Å². The van der Waals surface area contributed by atoms with E-state index in [9.17, 15) is 0 Å². The molecule has 2 atom stereocenters. The van der Waals surface area contributed by atoms with Gasteiger partial charge in [-0.05, 0) is 48.1 Å². The molecule has 0 amide bonds. The van der Waals surface area contributed by atoms with E-state index in [4.69, 9.17) is 10.5 Å². The van der Waals surface area contributed by atoms with Gasteiger partial charge in [-0.25, -0.2) is 0 Å². The van der Waals surface area contributed by atoms with E-state index in [1.165, 1.54) is 12.0 Å². The third-order valence-electron chi connectivity index (χ3n) is 2.57. The molecule has 3 heteroatoms. The largest absolute Gasteiger partial charge is 0.372 e. The molecule has 1 heterocycles. The van der Waals surface area contributed by atoms with Crippen LogP contribution in [0.4, 0.5) is 0 Å². The van der Waals surface area contributed by atoms with Gasteiger partial charge in [0, 0.05) is 12.6 Å². The molecule has 0 spiro atoms. The zero-order valence-corrected chi connectivity index (χ0v) is 11.3. The minimum Gasteiger partial charge on any atom is -0.372 e. The van der Waals surface area contributed by atoms with Gasteiger partial charge in [0.1, 0.15) is 0 Å². The van der Waals surface area contributed by atoms with Crippen LogP contribution in [0.25, 0.3) is 0 Å². The lowest BCUT2D eigenvalue weighted by Crippen LogP contribution is -2.27. The SMILES string of the molecule is CC(C)CCCOC(c1ccsc1)C(C)N. The fourth-order valence-corrected chi connectivity index (χ4v) is 2.37. The van der Waals surface area contributed by atoms with Crippen LogP contribution in [0.3, 0.4) is 0 Å². The molecule has 1 rings (SSSR count). The Kier molecular flexibility index (Phi) is 6.03. The highest BCUT2D eigenvalue weighted by Gasteiger charge is 2.16. The Hall–Kier alpha value is -0.380. The van der Waals surface area contributed by atoms with Crippen LogP contribution in [0.5, 0.6) is 0 Å². The highest BCUT2D eigenvalue weighted by molar-refractivity contribution is 7.07. The molecule has 1 aromatic heterocycles. The van der Waals surface area contributed by atoms with Crippen LogP contribution < -0.4 is 5.73 Å². The molecule has 1 aromatic rings. The Morgan fingerprint density at radius 3 is 2.62 bits per heavy atom. The molecular weight excluding hydrogens is 218 g/mol. The van der Waals surface area contributed by atoms with Crippen molar-refractivity contribution >= 4 is 11.3 Å². The molecule has 0 fully saturated rings. The molecule has 0 radical (unpaired) electrons. The molecule has 0 aromatic carbocycles. The van der Waals surface area contributed by atoms with E-state index in [-0.39, 0.29) is 12.1 Å². The Morgan fingerprint density at radius 1 is 1.38 bits per heavy atom. The summed E-state index contributed by atoms with van der Waals surface area (Å²) in [5.41, 5.74) is 7.16. The van der Waals surface area contributed by atoms with Crippen LogP contribution in [0.1, 0.15) is 45.3 Å². The van der Waals surface area contributed by atoms with Crippen molar-refractivity contribution in [3.8, 4) is 0 Å². The van der Waals surface area contributed by atoms with Crippen LogP contribution in [-0.2, 0) is 4.74 Å². The van der Waals surface area contributed by atoms with E-state index in [2.05, 4.69) is 30.7 Å². The lowest BCUT2D eigenvalue weighted by Gasteiger charge is -2.20. The third-order valence-corrected chi connectivity index (χ3v) is 3.27. The second-order valence-corrected chi connectivity index (χ2v) is 5.52. The van der Waals surface area contributed by atoms with Gasteiger partial charge in [-0.3, -0.25) is 0 Å². The molecule has 2 N–H and O–H groups in total. The predicted octanol–water partition coefficient (Wildman–Crippen LogP) is 3.59. The predicted molar refractivity (Wildman–Crippen MR) is 70.7 cm³/mol. The Labute approximate surface area is 103 Å². The van der Waals surface area contributed by atoms with Crippen molar-refractivity contribution in [1.29, 1.82) is 0 Å². The monoisotopic (exact) mass is 241 g/mol. The molecule has 0 aliphatic carbocycles. The van der Waals surface area contributed by atoms with Gasteiger partial charge in [0.05, 0.1) is 6.10 Å². The summed E-state index contributed by atoms with van der Waals surface area (Å²) in [6.07, 6.45) is 2.39. The summed E-state index contributed by atoms with van der Waals surface area (Å²) in [4.78, 5) is 0. The fourth-order valence-electron chi connectivity index (χ4n) is 1.69. The van der Waals surface area contributed by atoms with Crippen LogP contribution in [0, 0.1) is 5.92 Å². The molecule has 2 unspecified atom stereocenters. The number of thiophene rings is 1. The maximum Gasteiger partial charge on any atom is 0.0980 e. The van der Waals surface area contributed by atoms with Crippen molar-refractivity contribution in [2.24, 2.45) is 11.7 Å². The molecule has 0 aliphatic heterocycles. The van der Waals surface area contributed by atoms with Gasteiger partial charge in [0.2, 0.25) is 0 Å². The maximum atomic E-state index is 5.95. The van der Waals surface area contributed by atoms with E-state index in [0.717, 1.165) is 18.9 Å². The van der Waals surface area contributed by atoms with Gasteiger partial charge >= 0.3 is 0 Å². The van der Waals surface area contributed by atoms with Crippen LogP contribution in [0.15, 0.2) is 16.8 Å². The molecular formula is C13H23NOS. The molecule has 92 valence electrons. The van der Waals surface area contributed by atoms with E-state index in [0.29, 0.717) is 0 Å². The first kappa shape index (κ1) is 13.7. The van der Waals surface area contributed by atoms with Gasteiger partial charge in [-0.2, -0.15) is 11.3 Å². The average Bonchev–Trinajstić information content (AvgIpc) is 2.69. The highest BCUT2D eigenvalue weighted by Crippen LogP contribution is 2.23. The quantitative estimate of drug-likeness (QED) is 0.740. The standard InChI is InChI=1S/C13H23NOS/c1-10(2)5-4-7-15-13(11(3)14)12-6-8-16-9-12/h6,8-11,13H,4-5,7,14H2,1-3H3. The molecule has 0 aliphatic rings. The minimum absolute atomic E-state index is 0.0497. The smallest absolute Gasteiger partial charge is 0.0980 e. The third kappa shape index (κ3) is 4.64. The van der Waals surface area contributed by atoms with E-state index in [1.807, 2.05) is 6.92 Å². The van der Waals surface area contributed by atoms with Crippen molar-refractivity contribution < 1.29 is 4.74 Å². The van der Waals surface area contributed by atoms with Crippen molar-refractivity contribution in [2.75, 3.05) is 6.61 Å². The molecule has 0 saturated heterocycles. The lowest BCUT2D eigenvalue weighted by atomic mass is 10.1. The summed E-state index contributed by atoms with van der Waals surface area (Å²) in [7, 11) is 0. The average molecular weight is 241 g/mol. The number of hydrogen-bond donors (Lipinski definition) is 1. The number of hydrogen-bond acceptors (Lipinski definition) is 3. The van der Waals surface area contributed by atoms with Crippen molar-refractivity contribution in [2.45, 2.75) is 45.8 Å². The number of nitrogens with two attached hydrogens (primary N) is 1. The lowest BCUT2D eigenvalue weighted by molar-refractivity contribution is 0.0351. The Bertz CT molecular complexity index is 269. The highest BCUT2D eigenvalue weighted by atomic mass is 32.1. The zero-order valence-electron chi connectivity index (χ0n) is 10.5. The fraction of sp³-hybridized carbons (Fsp3) is 0.692.